The molecular formula is C20H26N2O5S. The van der Waals surface area contributed by atoms with Crippen LogP contribution in [0, 0.1) is 13.8 Å². The molecule has 7 nitrogen and oxygen atoms in total. The van der Waals surface area contributed by atoms with Gasteiger partial charge in [0.15, 0.2) is 11.5 Å². The number of hydrogen-bond acceptors (Lipinski definition) is 5. The number of benzene rings is 2. The number of sulfonamides is 1. The molecule has 0 saturated carbocycles. The fraction of sp³-hybridized carbons (Fsp3) is 0.350. The molecule has 0 aliphatic heterocycles. The molecule has 1 N–H and O–H groups in total. The molecule has 2 aromatic rings. The fourth-order valence-electron chi connectivity index (χ4n) is 2.89. The molecule has 2 aromatic carbocycles. The third kappa shape index (κ3) is 4.56. The standard InChI is InChI=1S/C20H26N2O5S/c1-13-8-7-9-17(14(13)2)21-20(23)15(3)22(28(6,24)25)16-10-11-18(26-4)19(12-16)27-5/h7-12,15H,1-6H3,(H,21,23)/t15-/m0/s1. The van der Waals surface area contributed by atoms with Gasteiger partial charge in [0.1, 0.15) is 6.04 Å². The van der Waals surface area contributed by atoms with Crippen LogP contribution in [-0.2, 0) is 14.8 Å². The topological polar surface area (TPSA) is 84.9 Å². The van der Waals surface area contributed by atoms with Crippen molar-refractivity contribution in [2.75, 3.05) is 30.1 Å². The number of amides is 1. The monoisotopic (exact) mass is 406 g/mol. The smallest absolute Gasteiger partial charge is 0.248 e. The van der Waals surface area contributed by atoms with Gasteiger partial charge in [-0.2, -0.15) is 0 Å². The minimum atomic E-state index is -3.74. The molecule has 0 spiro atoms. The van der Waals surface area contributed by atoms with Crippen molar-refractivity contribution in [3.05, 3.63) is 47.5 Å². The first kappa shape index (κ1) is 21.6. The highest BCUT2D eigenvalue weighted by Crippen LogP contribution is 2.33. The zero-order chi connectivity index (χ0) is 21.1. The zero-order valence-electron chi connectivity index (χ0n) is 16.9. The molecule has 0 aliphatic rings. The lowest BCUT2D eigenvalue weighted by molar-refractivity contribution is -0.116. The van der Waals surface area contributed by atoms with Crippen LogP contribution in [0.4, 0.5) is 11.4 Å². The Bertz CT molecular complexity index is 973. The number of carbonyl (C=O) groups is 1. The van der Waals surface area contributed by atoms with Crippen LogP contribution in [0.3, 0.4) is 0 Å². The normalized spacial score (nSPS) is 12.2. The van der Waals surface area contributed by atoms with E-state index in [2.05, 4.69) is 5.32 Å². The van der Waals surface area contributed by atoms with Gasteiger partial charge >= 0.3 is 0 Å². The van der Waals surface area contributed by atoms with Gasteiger partial charge in [0.05, 0.1) is 26.2 Å². The van der Waals surface area contributed by atoms with Gasteiger partial charge in [-0.25, -0.2) is 8.42 Å². The van der Waals surface area contributed by atoms with Gasteiger partial charge in [0, 0.05) is 11.8 Å². The average Bonchev–Trinajstić information content (AvgIpc) is 2.64. The number of rotatable bonds is 7. The van der Waals surface area contributed by atoms with Gasteiger partial charge < -0.3 is 14.8 Å². The maximum absolute atomic E-state index is 12.8. The maximum Gasteiger partial charge on any atom is 0.248 e. The van der Waals surface area contributed by atoms with E-state index in [4.69, 9.17) is 9.47 Å². The second-order valence-electron chi connectivity index (χ2n) is 6.51. The summed E-state index contributed by atoms with van der Waals surface area (Å²) in [7, 11) is -0.788. The Balaban J connectivity index is 2.40. The van der Waals surface area contributed by atoms with Crippen LogP contribution in [0.15, 0.2) is 36.4 Å². The molecule has 152 valence electrons. The van der Waals surface area contributed by atoms with Crippen LogP contribution < -0.4 is 19.1 Å². The van der Waals surface area contributed by atoms with E-state index in [1.807, 2.05) is 26.0 Å². The molecule has 2 rings (SSSR count). The maximum atomic E-state index is 12.8. The van der Waals surface area contributed by atoms with Gasteiger partial charge in [-0.05, 0) is 50.1 Å². The Morgan fingerprint density at radius 2 is 1.71 bits per heavy atom. The average molecular weight is 407 g/mol. The first-order valence-corrected chi connectivity index (χ1v) is 10.5. The third-order valence-corrected chi connectivity index (χ3v) is 5.81. The zero-order valence-corrected chi connectivity index (χ0v) is 17.8. The Kier molecular flexibility index (Phi) is 6.56. The number of nitrogens with zero attached hydrogens (tertiary/aromatic N) is 1. The quantitative estimate of drug-likeness (QED) is 0.764. The van der Waals surface area contributed by atoms with E-state index >= 15 is 0 Å². The van der Waals surface area contributed by atoms with Crippen LogP contribution in [0.5, 0.6) is 11.5 Å². The van der Waals surface area contributed by atoms with Gasteiger partial charge in [-0.15, -0.1) is 0 Å². The van der Waals surface area contributed by atoms with Crippen molar-refractivity contribution < 1.29 is 22.7 Å². The molecule has 1 amide bonds. The first-order chi connectivity index (χ1) is 13.1. The van der Waals surface area contributed by atoms with Gasteiger partial charge in [0.2, 0.25) is 15.9 Å². The Morgan fingerprint density at radius 3 is 2.29 bits per heavy atom. The number of hydrogen-bond donors (Lipinski definition) is 1. The lowest BCUT2D eigenvalue weighted by atomic mass is 10.1. The Hall–Kier alpha value is -2.74. The van der Waals surface area contributed by atoms with Crippen molar-refractivity contribution >= 4 is 27.3 Å². The van der Waals surface area contributed by atoms with Gasteiger partial charge in [-0.1, -0.05) is 12.1 Å². The SMILES string of the molecule is COc1ccc(N([C@@H](C)C(=O)Nc2cccc(C)c2C)S(C)(=O)=O)cc1OC. The minimum absolute atomic E-state index is 0.309. The predicted molar refractivity (Wildman–Crippen MR) is 111 cm³/mol. The molecule has 0 heterocycles. The Morgan fingerprint density at radius 1 is 1.07 bits per heavy atom. The summed E-state index contributed by atoms with van der Waals surface area (Å²) in [6.45, 7) is 5.39. The largest absolute Gasteiger partial charge is 0.493 e. The summed E-state index contributed by atoms with van der Waals surface area (Å²) in [5.41, 5.74) is 2.92. The van der Waals surface area contributed by atoms with Crippen molar-refractivity contribution in [3.63, 3.8) is 0 Å². The van der Waals surface area contributed by atoms with Crippen molar-refractivity contribution in [3.8, 4) is 11.5 Å². The first-order valence-electron chi connectivity index (χ1n) is 8.68. The molecule has 1 atom stereocenters. The summed E-state index contributed by atoms with van der Waals surface area (Å²) in [6.07, 6.45) is 1.06. The summed E-state index contributed by atoms with van der Waals surface area (Å²) in [5, 5.41) is 2.82. The molecule has 0 aliphatic carbocycles. The second kappa shape index (κ2) is 8.52. The van der Waals surface area contributed by atoms with Crippen molar-refractivity contribution in [2.45, 2.75) is 26.8 Å². The van der Waals surface area contributed by atoms with Crippen LogP contribution in [0.2, 0.25) is 0 Å². The van der Waals surface area contributed by atoms with Gasteiger partial charge in [-0.3, -0.25) is 9.10 Å². The van der Waals surface area contributed by atoms with Crippen LogP contribution >= 0.6 is 0 Å². The highest BCUT2D eigenvalue weighted by Gasteiger charge is 2.30. The number of nitrogens with one attached hydrogen (secondary N) is 1. The minimum Gasteiger partial charge on any atom is -0.493 e. The number of methoxy groups -OCH3 is 2. The number of ether oxygens (including phenoxy) is 2. The van der Waals surface area contributed by atoms with E-state index < -0.39 is 22.0 Å². The number of anilines is 2. The van der Waals surface area contributed by atoms with Crippen LogP contribution in [0.1, 0.15) is 18.1 Å². The van der Waals surface area contributed by atoms with E-state index in [1.54, 1.807) is 18.2 Å². The van der Waals surface area contributed by atoms with E-state index in [0.29, 0.717) is 22.9 Å². The lowest BCUT2D eigenvalue weighted by Gasteiger charge is -2.29. The van der Waals surface area contributed by atoms with Crippen molar-refractivity contribution in [2.24, 2.45) is 0 Å². The molecule has 0 aromatic heterocycles. The summed E-state index contributed by atoms with van der Waals surface area (Å²) in [4.78, 5) is 12.8. The third-order valence-electron chi connectivity index (χ3n) is 4.57. The molecule has 0 unspecified atom stereocenters. The second-order valence-corrected chi connectivity index (χ2v) is 8.37. The molecule has 0 bridgehead atoms. The van der Waals surface area contributed by atoms with Crippen LogP contribution in [0.25, 0.3) is 0 Å². The molecule has 0 fully saturated rings. The van der Waals surface area contributed by atoms with E-state index in [-0.39, 0.29) is 0 Å². The fourth-order valence-corrected chi connectivity index (χ4v) is 4.06. The predicted octanol–water partition coefficient (Wildman–Crippen LogP) is 3.11. The summed E-state index contributed by atoms with van der Waals surface area (Å²) in [6, 6.07) is 9.29. The summed E-state index contributed by atoms with van der Waals surface area (Å²) in [5.74, 6) is 0.400. The highest BCUT2D eigenvalue weighted by atomic mass is 32.2. The van der Waals surface area contributed by atoms with Crippen molar-refractivity contribution in [1.82, 2.24) is 0 Å². The molecule has 28 heavy (non-hydrogen) atoms. The summed E-state index contributed by atoms with van der Waals surface area (Å²) < 4.78 is 36.5. The molecule has 8 heteroatoms. The molecule has 0 saturated heterocycles. The van der Waals surface area contributed by atoms with Crippen LogP contribution in [-0.4, -0.2) is 40.8 Å². The Labute approximate surface area is 166 Å². The van der Waals surface area contributed by atoms with E-state index in [0.717, 1.165) is 21.7 Å². The lowest BCUT2D eigenvalue weighted by Crippen LogP contribution is -2.45. The van der Waals surface area contributed by atoms with E-state index in [1.165, 1.54) is 27.2 Å². The highest BCUT2D eigenvalue weighted by molar-refractivity contribution is 7.92. The van der Waals surface area contributed by atoms with E-state index in [9.17, 15) is 13.2 Å². The number of aryl methyl sites for hydroxylation is 1. The molecular weight excluding hydrogens is 380 g/mol. The summed E-state index contributed by atoms with van der Waals surface area (Å²) >= 11 is 0. The molecule has 0 radical (unpaired) electrons. The van der Waals surface area contributed by atoms with Crippen molar-refractivity contribution in [1.29, 1.82) is 0 Å². The van der Waals surface area contributed by atoms with Gasteiger partial charge in [0.25, 0.3) is 0 Å². The number of carbonyl (C=O) groups excluding carboxylic acids is 1.